The van der Waals surface area contributed by atoms with Gasteiger partial charge in [-0.15, -0.1) is 0 Å². The van der Waals surface area contributed by atoms with Crippen molar-refractivity contribution in [3.63, 3.8) is 0 Å². The van der Waals surface area contributed by atoms with Gasteiger partial charge in [-0.1, -0.05) is 0 Å². The Kier molecular flexibility index (Phi) is 4.14. The molecule has 0 radical (unpaired) electrons. The molecule has 4 nitrogen and oxygen atoms in total. The van der Waals surface area contributed by atoms with E-state index in [9.17, 15) is 0 Å². The molecule has 2 heterocycles. The van der Waals surface area contributed by atoms with E-state index < -0.39 is 0 Å². The number of furan rings is 1. The van der Waals surface area contributed by atoms with Crippen molar-refractivity contribution in [1.29, 1.82) is 0 Å². The van der Waals surface area contributed by atoms with Crippen LogP contribution in [0.25, 0.3) is 0 Å². The smallest absolute Gasteiger partial charge is 0.122 e. The maximum Gasteiger partial charge on any atom is 0.122 e. The fourth-order valence-corrected chi connectivity index (χ4v) is 2.33. The lowest BCUT2D eigenvalue weighted by Crippen LogP contribution is -2.20. The van der Waals surface area contributed by atoms with Crippen LogP contribution in [0.2, 0.25) is 0 Å². The van der Waals surface area contributed by atoms with Gasteiger partial charge in [-0.3, -0.25) is 9.88 Å². The van der Waals surface area contributed by atoms with Crippen molar-refractivity contribution in [2.75, 3.05) is 7.05 Å². The standard InChI is InChI=1S/C16H21N3O/c1-19(11-13-4-7-17-8-5-13)12-14-6-9-20-16(14)10-18-15-2-3-15/h4-9,15,18H,2-3,10-12H2,1H3. The Bertz CT molecular complexity index is 534. The first-order chi connectivity index (χ1) is 9.81. The van der Waals surface area contributed by atoms with Gasteiger partial charge in [0.25, 0.3) is 0 Å². The highest BCUT2D eigenvalue weighted by atomic mass is 16.3. The molecule has 0 aromatic carbocycles. The van der Waals surface area contributed by atoms with E-state index in [1.165, 1.54) is 24.0 Å². The highest BCUT2D eigenvalue weighted by molar-refractivity contribution is 5.17. The number of aromatic nitrogens is 1. The Morgan fingerprint density at radius 3 is 2.80 bits per heavy atom. The third-order valence-electron chi connectivity index (χ3n) is 3.61. The predicted octanol–water partition coefficient (Wildman–Crippen LogP) is 2.56. The van der Waals surface area contributed by atoms with Crippen LogP contribution in [0.15, 0.2) is 41.3 Å². The van der Waals surface area contributed by atoms with Crippen LogP contribution in [0.4, 0.5) is 0 Å². The SMILES string of the molecule is CN(Cc1ccncc1)Cc1ccoc1CNC1CC1. The molecule has 2 aromatic heterocycles. The van der Waals surface area contributed by atoms with Gasteiger partial charge in [0, 0.05) is 37.1 Å². The Hall–Kier alpha value is -1.65. The van der Waals surface area contributed by atoms with Gasteiger partial charge in [-0.05, 0) is 43.7 Å². The van der Waals surface area contributed by atoms with Gasteiger partial charge in [-0.25, -0.2) is 0 Å². The van der Waals surface area contributed by atoms with Crippen LogP contribution in [-0.4, -0.2) is 23.0 Å². The summed E-state index contributed by atoms with van der Waals surface area (Å²) in [5, 5.41) is 3.50. The number of hydrogen-bond donors (Lipinski definition) is 1. The Labute approximate surface area is 119 Å². The van der Waals surface area contributed by atoms with E-state index in [2.05, 4.69) is 40.4 Å². The topological polar surface area (TPSA) is 41.3 Å². The fourth-order valence-electron chi connectivity index (χ4n) is 2.33. The Morgan fingerprint density at radius 1 is 1.25 bits per heavy atom. The van der Waals surface area contributed by atoms with Crippen LogP contribution in [0.5, 0.6) is 0 Å². The summed E-state index contributed by atoms with van der Waals surface area (Å²) in [6.07, 6.45) is 8.08. The van der Waals surface area contributed by atoms with Crippen molar-refractivity contribution in [1.82, 2.24) is 15.2 Å². The zero-order valence-corrected chi connectivity index (χ0v) is 11.9. The number of rotatable bonds is 7. The van der Waals surface area contributed by atoms with E-state index in [1.807, 2.05) is 12.4 Å². The molecule has 2 aromatic rings. The summed E-state index contributed by atoms with van der Waals surface area (Å²) in [6.45, 7) is 2.67. The lowest BCUT2D eigenvalue weighted by atomic mass is 10.2. The number of nitrogens with zero attached hydrogens (tertiary/aromatic N) is 2. The van der Waals surface area contributed by atoms with E-state index in [1.54, 1.807) is 6.26 Å². The lowest BCUT2D eigenvalue weighted by Gasteiger charge is -2.16. The maximum atomic E-state index is 5.59. The number of nitrogens with one attached hydrogen (secondary N) is 1. The van der Waals surface area contributed by atoms with Crippen LogP contribution >= 0.6 is 0 Å². The van der Waals surface area contributed by atoms with Crippen LogP contribution in [-0.2, 0) is 19.6 Å². The van der Waals surface area contributed by atoms with Crippen molar-refractivity contribution in [2.24, 2.45) is 0 Å². The Balaban J connectivity index is 1.55. The molecule has 106 valence electrons. The summed E-state index contributed by atoms with van der Waals surface area (Å²) in [6, 6.07) is 6.90. The van der Waals surface area contributed by atoms with E-state index >= 15 is 0 Å². The molecule has 0 bridgehead atoms. The molecule has 1 fully saturated rings. The first-order valence-electron chi connectivity index (χ1n) is 7.17. The van der Waals surface area contributed by atoms with Crippen LogP contribution in [0.1, 0.15) is 29.7 Å². The fraction of sp³-hybridized carbons (Fsp3) is 0.438. The summed E-state index contributed by atoms with van der Waals surface area (Å²) in [4.78, 5) is 6.34. The minimum atomic E-state index is 0.711. The average molecular weight is 271 g/mol. The summed E-state index contributed by atoms with van der Waals surface area (Å²) < 4.78 is 5.59. The molecule has 1 aliphatic rings. The monoisotopic (exact) mass is 271 g/mol. The van der Waals surface area contributed by atoms with Gasteiger partial charge in [0.2, 0.25) is 0 Å². The van der Waals surface area contributed by atoms with Gasteiger partial charge in [0.1, 0.15) is 5.76 Å². The third kappa shape index (κ3) is 3.68. The van der Waals surface area contributed by atoms with Crippen molar-refractivity contribution in [2.45, 2.75) is 38.5 Å². The van der Waals surface area contributed by atoms with Crippen molar-refractivity contribution in [3.05, 3.63) is 53.7 Å². The second kappa shape index (κ2) is 6.20. The van der Waals surface area contributed by atoms with Gasteiger partial charge in [-0.2, -0.15) is 0 Å². The molecule has 1 aliphatic carbocycles. The highest BCUT2D eigenvalue weighted by Crippen LogP contribution is 2.21. The van der Waals surface area contributed by atoms with E-state index in [0.717, 1.165) is 25.4 Å². The first kappa shape index (κ1) is 13.3. The average Bonchev–Trinajstić information content (AvgIpc) is 3.18. The number of pyridine rings is 1. The molecule has 1 N–H and O–H groups in total. The van der Waals surface area contributed by atoms with Gasteiger partial charge >= 0.3 is 0 Å². The summed E-state index contributed by atoms with van der Waals surface area (Å²) in [5.41, 5.74) is 2.55. The van der Waals surface area contributed by atoms with E-state index in [0.29, 0.717) is 6.04 Å². The first-order valence-corrected chi connectivity index (χ1v) is 7.17. The maximum absolute atomic E-state index is 5.59. The van der Waals surface area contributed by atoms with Gasteiger partial charge in [0.05, 0.1) is 12.8 Å². The zero-order valence-electron chi connectivity index (χ0n) is 11.9. The molecule has 0 atom stereocenters. The summed E-state index contributed by atoms with van der Waals surface area (Å²) in [5.74, 6) is 1.07. The van der Waals surface area contributed by atoms with Gasteiger partial charge in [0.15, 0.2) is 0 Å². The van der Waals surface area contributed by atoms with Gasteiger partial charge < -0.3 is 9.73 Å². The van der Waals surface area contributed by atoms with Crippen LogP contribution in [0, 0.1) is 0 Å². The molecule has 4 heteroatoms. The van der Waals surface area contributed by atoms with Crippen molar-refractivity contribution in [3.8, 4) is 0 Å². The van der Waals surface area contributed by atoms with E-state index in [-0.39, 0.29) is 0 Å². The highest BCUT2D eigenvalue weighted by Gasteiger charge is 2.21. The summed E-state index contributed by atoms with van der Waals surface area (Å²) >= 11 is 0. The molecule has 0 unspecified atom stereocenters. The molecule has 3 rings (SSSR count). The molecular formula is C16H21N3O. The quantitative estimate of drug-likeness (QED) is 0.840. The molecule has 0 aliphatic heterocycles. The minimum Gasteiger partial charge on any atom is -0.468 e. The molecule has 0 saturated heterocycles. The molecule has 20 heavy (non-hydrogen) atoms. The lowest BCUT2D eigenvalue weighted by molar-refractivity contribution is 0.314. The normalized spacial score (nSPS) is 14.9. The third-order valence-corrected chi connectivity index (χ3v) is 3.61. The molecule has 1 saturated carbocycles. The minimum absolute atomic E-state index is 0.711. The molecule has 0 spiro atoms. The van der Waals surface area contributed by atoms with Crippen LogP contribution in [0.3, 0.4) is 0 Å². The predicted molar refractivity (Wildman–Crippen MR) is 78.0 cm³/mol. The molecular weight excluding hydrogens is 250 g/mol. The zero-order chi connectivity index (χ0) is 13.8. The van der Waals surface area contributed by atoms with Crippen LogP contribution < -0.4 is 5.32 Å². The second-order valence-corrected chi connectivity index (χ2v) is 5.55. The molecule has 0 amide bonds. The van der Waals surface area contributed by atoms with Crippen molar-refractivity contribution >= 4 is 0 Å². The summed E-state index contributed by atoms with van der Waals surface area (Å²) in [7, 11) is 2.13. The largest absolute Gasteiger partial charge is 0.468 e. The Morgan fingerprint density at radius 2 is 2.05 bits per heavy atom. The second-order valence-electron chi connectivity index (χ2n) is 5.55. The number of hydrogen-bond acceptors (Lipinski definition) is 4. The van der Waals surface area contributed by atoms with E-state index in [4.69, 9.17) is 4.42 Å². The van der Waals surface area contributed by atoms with Crippen molar-refractivity contribution < 1.29 is 4.42 Å².